The van der Waals surface area contributed by atoms with E-state index < -0.39 is 10.0 Å². The van der Waals surface area contributed by atoms with Gasteiger partial charge in [0.15, 0.2) is 0 Å². The quantitative estimate of drug-likeness (QED) is 0.834. The number of benzene rings is 1. The van der Waals surface area contributed by atoms with Crippen LogP contribution in [0.1, 0.15) is 12.0 Å². The van der Waals surface area contributed by atoms with Gasteiger partial charge in [0.25, 0.3) is 0 Å². The van der Waals surface area contributed by atoms with Gasteiger partial charge in [0.2, 0.25) is 15.9 Å². The number of hydrogen-bond donors (Lipinski definition) is 2. The van der Waals surface area contributed by atoms with Crippen molar-refractivity contribution < 1.29 is 13.2 Å². The van der Waals surface area contributed by atoms with E-state index in [1.165, 1.54) is 24.3 Å². The van der Waals surface area contributed by atoms with Gasteiger partial charge >= 0.3 is 0 Å². The number of aryl methyl sites for hydroxylation is 1. The van der Waals surface area contributed by atoms with Crippen LogP contribution in [0.15, 0.2) is 47.5 Å². The molecule has 0 radical (unpaired) electrons. The highest BCUT2D eigenvalue weighted by atomic mass is 35.5. The number of nitrogens with one attached hydrogen (secondary N) is 2. The van der Waals surface area contributed by atoms with E-state index in [2.05, 4.69) is 15.0 Å². The molecule has 2 rings (SSSR count). The molecule has 1 aromatic heterocycles. The topological polar surface area (TPSA) is 88.2 Å². The Morgan fingerprint density at radius 2 is 1.91 bits per heavy atom. The van der Waals surface area contributed by atoms with E-state index in [1.807, 2.05) is 13.0 Å². The van der Waals surface area contributed by atoms with E-state index in [4.69, 9.17) is 11.6 Å². The van der Waals surface area contributed by atoms with E-state index in [0.29, 0.717) is 10.8 Å². The zero-order valence-corrected chi connectivity index (χ0v) is 14.0. The Labute approximate surface area is 139 Å². The third kappa shape index (κ3) is 5.02. The average Bonchev–Trinajstić information content (AvgIpc) is 2.50. The molecule has 0 bridgehead atoms. The lowest BCUT2D eigenvalue weighted by Gasteiger charge is -2.08. The van der Waals surface area contributed by atoms with Gasteiger partial charge in [-0.25, -0.2) is 18.1 Å². The van der Waals surface area contributed by atoms with Gasteiger partial charge in [-0.05, 0) is 42.8 Å². The highest BCUT2D eigenvalue weighted by Gasteiger charge is 2.14. The van der Waals surface area contributed by atoms with Gasteiger partial charge in [-0.2, -0.15) is 0 Å². The summed E-state index contributed by atoms with van der Waals surface area (Å²) in [7, 11) is -3.66. The SMILES string of the molecule is Cc1cccnc1NC(=O)CCNS(=O)(=O)c1ccc(Cl)cc1. The van der Waals surface area contributed by atoms with Crippen LogP contribution in [-0.4, -0.2) is 25.9 Å². The molecule has 0 aliphatic carbocycles. The summed E-state index contributed by atoms with van der Waals surface area (Å²) < 4.78 is 26.5. The lowest BCUT2D eigenvalue weighted by atomic mass is 10.3. The maximum atomic E-state index is 12.0. The first-order chi connectivity index (χ1) is 10.9. The van der Waals surface area contributed by atoms with E-state index in [9.17, 15) is 13.2 Å². The first-order valence-electron chi connectivity index (χ1n) is 6.85. The zero-order valence-electron chi connectivity index (χ0n) is 12.4. The fourth-order valence-corrected chi connectivity index (χ4v) is 2.96. The number of nitrogens with zero attached hydrogens (tertiary/aromatic N) is 1. The van der Waals surface area contributed by atoms with Gasteiger partial charge in [-0.15, -0.1) is 0 Å². The summed E-state index contributed by atoms with van der Waals surface area (Å²) >= 11 is 5.72. The minimum absolute atomic E-state index is 0.00281. The zero-order chi connectivity index (χ0) is 16.9. The van der Waals surface area contributed by atoms with Crippen LogP contribution in [0.3, 0.4) is 0 Å². The van der Waals surface area contributed by atoms with E-state index >= 15 is 0 Å². The summed E-state index contributed by atoms with van der Waals surface area (Å²) in [4.78, 5) is 16.0. The Bertz CT molecular complexity index is 792. The molecule has 0 atom stereocenters. The molecule has 0 spiro atoms. The number of amides is 1. The minimum Gasteiger partial charge on any atom is -0.310 e. The molecule has 1 amide bonds. The number of rotatable bonds is 6. The van der Waals surface area contributed by atoms with Crippen LogP contribution in [0, 0.1) is 6.92 Å². The van der Waals surface area contributed by atoms with Gasteiger partial charge in [0, 0.05) is 24.2 Å². The number of carbonyl (C=O) groups excluding carboxylic acids is 1. The van der Waals surface area contributed by atoms with Crippen LogP contribution in [0.2, 0.25) is 5.02 Å². The highest BCUT2D eigenvalue weighted by molar-refractivity contribution is 7.89. The second-order valence-electron chi connectivity index (χ2n) is 4.82. The smallest absolute Gasteiger partial charge is 0.240 e. The molecule has 0 aliphatic heterocycles. The molecular formula is C15H16ClN3O3S. The van der Waals surface area contributed by atoms with Crippen LogP contribution in [-0.2, 0) is 14.8 Å². The predicted octanol–water partition coefficient (Wildman–Crippen LogP) is 2.35. The van der Waals surface area contributed by atoms with Crippen molar-refractivity contribution in [3.05, 3.63) is 53.2 Å². The van der Waals surface area contributed by atoms with E-state index in [0.717, 1.165) is 5.56 Å². The number of hydrogen-bond acceptors (Lipinski definition) is 4. The summed E-state index contributed by atoms with van der Waals surface area (Å²) in [5.41, 5.74) is 0.836. The van der Waals surface area contributed by atoms with Crippen molar-refractivity contribution in [3.63, 3.8) is 0 Å². The summed E-state index contributed by atoms with van der Waals surface area (Å²) in [5, 5.41) is 3.09. The summed E-state index contributed by atoms with van der Waals surface area (Å²) in [6.07, 6.45) is 1.58. The lowest BCUT2D eigenvalue weighted by Crippen LogP contribution is -2.28. The third-order valence-electron chi connectivity index (χ3n) is 3.04. The molecule has 122 valence electrons. The van der Waals surface area contributed by atoms with Crippen molar-refractivity contribution in [2.75, 3.05) is 11.9 Å². The van der Waals surface area contributed by atoms with Crippen LogP contribution in [0.4, 0.5) is 5.82 Å². The first-order valence-corrected chi connectivity index (χ1v) is 8.71. The number of anilines is 1. The molecule has 1 aromatic carbocycles. The number of halogens is 1. The van der Waals surface area contributed by atoms with Crippen LogP contribution in [0.5, 0.6) is 0 Å². The van der Waals surface area contributed by atoms with Crippen molar-refractivity contribution in [2.24, 2.45) is 0 Å². The fraction of sp³-hybridized carbons (Fsp3) is 0.200. The maximum absolute atomic E-state index is 12.0. The predicted molar refractivity (Wildman–Crippen MR) is 88.9 cm³/mol. The summed E-state index contributed by atoms with van der Waals surface area (Å²) in [6.45, 7) is 1.81. The van der Waals surface area contributed by atoms with E-state index in [-0.39, 0.29) is 23.8 Å². The van der Waals surface area contributed by atoms with Gasteiger partial charge in [0.05, 0.1) is 4.90 Å². The molecule has 1 heterocycles. The van der Waals surface area contributed by atoms with Crippen molar-refractivity contribution in [1.29, 1.82) is 0 Å². The maximum Gasteiger partial charge on any atom is 0.240 e. The van der Waals surface area contributed by atoms with Crippen molar-refractivity contribution in [3.8, 4) is 0 Å². The van der Waals surface area contributed by atoms with E-state index in [1.54, 1.807) is 12.3 Å². The van der Waals surface area contributed by atoms with Gasteiger partial charge in [0.1, 0.15) is 5.82 Å². The Hall–Kier alpha value is -1.96. The van der Waals surface area contributed by atoms with Gasteiger partial charge < -0.3 is 5.32 Å². The molecule has 8 heteroatoms. The van der Waals surface area contributed by atoms with Crippen molar-refractivity contribution >= 4 is 33.3 Å². The molecule has 2 N–H and O–H groups in total. The van der Waals surface area contributed by atoms with Crippen LogP contribution < -0.4 is 10.0 Å². The summed E-state index contributed by atoms with van der Waals surface area (Å²) in [6, 6.07) is 9.39. The molecule has 0 unspecified atom stereocenters. The average molecular weight is 354 g/mol. The molecule has 23 heavy (non-hydrogen) atoms. The van der Waals surface area contributed by atoms with Crippen molar-refractivity contribution in [1.82, 2.24) is 9.71 Å². The minimum atomic E-state index is -3.66. The second kappa shape index (κ2) is 7.54. The molecule has 0 saturated heterocycles. The lowest BCUT2D eigenvalue weighted by molar-refractivity contribution is -0.116. The number of sulfonamides is 1. The Morgan fingerprint density at radius 1 is 1.22 bits per heavy atom. The van der Waals surface area contributed by atoms with Gasteiger partial charge in [-0.3, -0.25) is 4.79 Å². The third-order valence-corrected chi connectivity index (χ3v) is 4.76. The molecule has 6 nitrogen and oxygen atoms in total. The molecular weight excluding hydrogens is 338 g/mol. The van der Waals surface area contributed by atoms with Crippen LogP contribution >= 0.6 is 11.6 Å². The molecule has 2 aromatic rings. The standard InChI is InChI=1S/C15H16ClN3O3S/c1-11-3-2-9-17-15(11)19-14(20)8-10-18-23(21,22)13-6-4-12(16)5-7-13/h2-7,9,18H,8,10H2,1H3,(H,17,19,20). The Balaban J connectivity index is 1.88. The summed E-state index contributed by atoms with van der Waals surface area (Å²) in [5.74, 6) is 0.156. The number of aromatic nitrogens is 1. The van der Waals surface area contributed by atoms with Crippen molar-refractivity contribution in [2.45, 2.75) is 18.2 Å². The Kier molecular flexibility index (Phi) is 5.70. The van der Waals surface area contributed by atoms with Crippen LogP contribution in [0.25, 0.3) is 0 Å². The van der Waals surface area contributed by atoms with Gasteiger partial charge in [-0.1, -0.05) is 17.7 Å². The second-order valence-corrected chi connectivity index (χ2v) is 7.02. The number of pyridine rings is 1. The molecule has 0 fully saturated rings. The number of carbonyl (C=O) groups is 1. The Morgan fingerprint density at radius 3 is 2.57 bits per heavy atom. The first kappa shape index (κ1) is 17.4. The molecule has 0 saturated carbocycles. The largest absolute Gasteiger partial charge is 0.310 e. The fourth-order valence-electron chi connectivity index (χ4n) is 1.81. The highest BCUT2D eigenvalue weighted by Crippen LogP contribution is 2.14. The monoisotopic (exact) mass is 353 g/mol. The normalized spacial score (nSPS) is 11.2. The molecule has 0 aliphatic rings.